The zero-order chi connectivity index (χ0) is 25.4. The van der Waals surface area contributed by atoms with E-state index in [4.69, 9.17) is 26.3 Å². The number of aliphatic hydroxyl groups excluding tert-OH is 3. The van der Waals surface area contributed by atoms with Crippen molar-refractivity contribution in [1.29, 1.82) is 0 Å². The maximum absolute atomic E-state index is 10.7. The van der Waals surface area contributed by atoms with Gasteiger partial charge in [0, 0.05) is 24.3 Å². The Bertz CT molecular complexity index is 1230. The average molecular weight is 535 g/mol. The van der Waals surface area contributed by atoms with Crippen LogP contribution in [0.1, 0.15) is 50.1 Å². The summed E-state index contributed by atoms with van der Waals surface area (Å²) in [6.07, 6.45) is 0.852. The van der Waals surface area contributed by atoms with Crippen molar-refractivity contribution in [3.63, 3.8) is 0 Å². The van der Waals surface area contributed by atoms with E-state index in [1.54, 1.807) is 23.6 Å². The minimum absolute atomic E-state index is 0.0464. The second-order valence-corrected chi connectivity index (χ2v) is 10.9. The van der Waals surface area contributed by atoms with Gasteiger partial charge in [-0.3, -0.25) is 0 Å². The van der Waals surface area contributed by atoms with Gasteiger partial charge in [-0.1, -0.05) is 41.6 Å². The summed E-state index contributed by atoms with van der Waals surface area (Å²) in [5.74, 6) is 2.19. The van der Waals surface area contributed by atoms with E-state index in [1.165, 1.54) is 0 Å². The maximum Gasteiger partial charge on any atom is 0.191 e. The topological polar surface area (TPSA) is 138 Å². The quantitative estimate of drug-likeness (QED) is 0.227. The molecule has 2 heterocycles. The number of anilines is 1. The van der Waals surface area contributed by atoms with Crippen molar-refractivity contribution in [2.45, 2.75) is 68.0 Å². The van der Waals surface area contributed by atoms with Crippen molar-refractivity contribution < 1.29 is 20.1 Å². The van der Waals surface area contributed by atoms with Crippen LogP contribution in [0.25, 0.3) is 11.2 Å². The molecule has 36 heavy (non-hydrogen) atoms. The van der Waals surface area contributed by atoms with Crippen LogP contribution in [-0.2, 0) is 0 Å². The number of nitrogens with zero attached hydrogens (tertiary/aromatic N) is 5. The molecule has 2 saturated carbocycles. The Morgan fingerprint density at radius 2 is 2.06 bits per heavy atom. The normalized spacial score (nSPS) is 27.5. The zero-order valence-electron chi connectivity index (χ0n) is 20.2. The standard InChI is InChI=1S/C24H31ClN6O4S/c1-3-8-36-24-27-22(26-16-11-14(16)12-4-5-18(35-2)15(25)9-12)19-23(28-24)31(30-29-19)17-10-13(6-7-32)20(33)21(17)34/h4-5,9,13-14,16-17,20-21,32-34H,3,6-8,10-11H2,1-2H3,(H,26,27,28). The van der Waals surface area contributed by atoms with Crippen LogP contribution < -0.4 is 10.1 Å². The number of methoxy groups -OCH3 is 1. The lowest BCUT2D eigenvalue weighted by atomic mass is 10.0. The molecule has 3 aromatic rings. The molecule has 1 aromatic carbocycles. The SMILES string of the molecule is CCCSc1nc(NC2CC2c2ccc(OC)c(Cl)c2)c2nnn(C3CC(CCO)C(O)C3O)c2n1. The number of fused-ring (bicyclic) bond motifs is 1. The summed E-state index contributed by atoms with van der Waals surface area (Å²) in [5, 5.41) is 44.0. The van der Waals surface area contributed by atoms with Gasteiger partial charge in [-0.25, -0.2) is 14.6 Å². The summed E-state index contributed by atoms with van der Waals surface area (Å²) in [6, 6.07) is 5.53. The van der Waals surface area contributed by atoms with E-state index in [2.05, 4.69) is 22.6 Å². The van der Waals surface area contributed by atoms with Gasteiger partial charge in [0.2, 0.25) is 0 Å². The van der Waals surface area contributed by atoms with Crippen molar-refractivity contribution in [3.8, 4) is 5.75 Å². The van der Waals surface area contributed by atoms with Crippen LogP contribution in [0, 0.1) is 5.92 Å². The molecule has 2 fully saturated rings. The predicted octanol–water partition coefficient (Wildman–Crippen LogP) is 3.02. The molecule has 0 amide bonds. The van der Waals surface area contributed by atoms with Crippen molar-refractivity contribution in [2.24, 2.45) is 5.92 Å². The first kappa shape index (κ1) is 25.5. The Balaban J connectivity index is 1.43. The van der Waals surface area contributed by atoms with Gasteiger partial charge in [0.05, 0.1) is 24.3 Å². The average Bonchev–Trinajstić information content (AvgIpc) is 3.42. The van der Waals surface area contributed by atoms with Gasteiger partial charge in [0.15, 0.2) is 22.1 Å². The van der Waals surface area contributed by atoms with Gasteiger partial charge in [-0.15, -0.1) is 5.10 Å². The summed E-state index contributed by atoms with van der Waals surface area (Å²) < 4.78 is 6.87. The number of ether oxygens (including phenoxy) is 1. The number of nitrogens with one attached hydrogen (secondary N) is 1. The molecule has 2 aliphatic rings. The highest BCUT2D eigenvalue weighted by atomic mass is 35.5. The van der Waals surface area contributed by atoms with Gasteiger partial charge in [0.1, 0.15) is 11.9 Å². The Morgan fingerprint density at radius 1 is 1.22 bits per heavy atom. The minimum atomic E-state index is -1.02. The number of hydrogen-bond acceptors (Lipinski definition) is 10. The lowest BCUT2D eigenvalue weighted by Gasteiger charge is -2.17. The monoisotopic (exact) mass is 534 g/mol. The summed E-state index contributed by atoms with van der Waals surface area (Å²) in [7, 11) is 1.60. The summed E-state index contributed by atoms with van der Waals surface area (Å²) >= 11 is 7.89. The third-order valence-corrected chi connectivity index (χ3v) is 8.39. The number of halogens is 1. The Hall–Kier alpha value is -2.18. The highest BCUT2D eigenvalue weighted by molar-refractivity contribution is 7.99. The first-order valence-electron chi connectivity index (χ1n) is 12.3. The number of thioether (sulfide) groups is 1. The Kier molecular flexibility index (Phi) is 7.55. The molecule has 12 heteroatoms. The predicted molar refractivity (Wildman–Crippen MR) is 138 cm³/mol. The molecule has 0 saturated heterocycles. The third kappa shape index (κ3) is 4.87. The molecule has 0 spiro atoms. The number of rotatable bonds is 10. The molecule has 10 nitrogen and oxygen atoms in total. The van der Waals surface area contributed by atoms with Crippen molar-refractivity contribution in [2.75, 3.05) is 24.8 Å². The minimum Gasteiger partial charge on any atom is -0.495 e. The largest absolute Gasteiger partial charge is 0.495 e. The first-order chi connectivity index (χ1) is 17.4. The molecule has 0 radical (unpaired) electrons. The Labute approximate surface area is 218 Å². The van der Waals surface area contributed by atoms with Gasteiger partial charge in [-0.05, 0) is 49.3 Å². The molecule has 4 N–H and O–H groups in total. The van der Waals surface area contributed by atoms with Gasteiger partial charge in [0.25, 0.3) is 0 Å². The highest BCUT2D eigenvalue weighted by Gasteiger charge is 2.44. The molecular weight excluding hydrogens is 504 g/mol. The summed E-state index contributed by atoms with van der Waals surface area (Å²) in [4.78, 5) is 9.46. The maximum atomic E-state index is 10.7. The van der Waals surface area contributed by atoms with Crippen LogP contribution in [0.4, 0.5) is 5.82 Å². The number of hydrogen-bond donors (Lipinski definition) is 4. The molecule has 5 rings (SSSR count). The van der Waals surface area contributed by atoms with E-state index < -0.39 is 18.2 Å². The van der Waals surface area contributed by atoms with E-state index in [1.807, 2.05) is 18.2 Å². The number of benzene rings is 1. The molecule has 2 aromatic heterocycles. The van der Waals surface area contributed by atoms with Crippen LogP contribution in [-0.4, -0.2) is 78.0 Å². The fourth-order valence-corrected chi connectivity index (χ4v) is 5.96. The molecule has 0 bridgehead atoms. The van der Waals surface area contributed by atoms with E-state index in [0.29, 0.717) is 45.8 Å². The highest BCUT2D eigenvalue weighted by Crippen LogP contribution is 2.45. The molecular formula is C24H31ClN6O4S. The van der Waals surface area contributed by atoms with Crippen molar-refractivity contribution in [1.82, 2.24) is 25.0 Å². The molecule has 0 aliphatic heterocycles. The second-order valence-electron chi connectivity index (χ2n) is 9.45. The van der Waals surface area contributed by atoms with Gasteiger partial charge >= 0.3 is 0 Å². The molecule has 2 aliphatic carbocycles. The third-order valence-electron chi connectivity index (χ3n) is 7.04. The fourth-order valence-electron chi connectivity index (χ4n) is 5.00. The first-order valence-corrected chi connectivity index (χ1v) is 13.6. The van der Waals surface area contributed by atoms with Gasteiger partial charge in [-0.2, -0.15) is 0 Å². The van der Waals surface area contributed by atoms with E-state index in [-0.39, 0.29) is 24.5 Å². The summed E-state index contributed by atoms with van der Waals surface area (Å²) in [5.41, 5.74) is 2.18. The van der Waals surface area contributed by atoms with E-state index in [0.717, 1.165) is 24.2 Å². The summed E-state index contributed by atoms with van der Waals surface area (Å²) in [6.45, 7) is 2.05. The van der Waals surface area contributed by atoms with Crippen LogP contribution in [0.5, 0.6) is 5.75 Å². The van der Waals surface area contributed by atoms with Crippen LogP contribution in [0.3, 0.4) is 0 Å². The van der Waals surface area contributed by atoms with Gasteiger partial charge < -0.3 is 25.4 Å². The van der Waals surface area contributed by atoms with Crippen LogP contribution in [0.2, 0.25) is 5.02 Å². The van der Waals surface area contributed by atoms with Crippen LogP contribution in [0.15, 0.2) is 23.4 Å². The molecule has 6 unspecified atom stereocenters. The Morgan fingerprint density at radius 3 is 2.78 bits per heavy atom. The smallest absolute Gasteiger partial charge is 0.191 e. The molecule has 194 valence electrons. The van der Waals surface area contributed by atoms with Crippen LogP contribution >= 0.6 is 23.4 Å². The molecule has 6 atom stereocenters. The lowest BCUT2D eigenvalue weighted by Crippen LogP contribution is -2.30. The van der Waals surface area contributed by atoms with E-state index in [9.17, 15) is 15.3 Å². The fraction of sp³-hybridized carbons (Fsp3) is 0.583. The lowest BCUT2D eigenvalue weighted by molar-refractivity contribution is 0.00107. The van der Waals surface area contributed by atoms with Crippen molar-refractivity contribution >= 4 is 40.3 Å². The zero-order valence-corrected chi connectivity index (χ0v) is 21.8. The van der Waals surface area contributed by atoms with E-state index >= 15 is 0 Å². The second kappa shape index (κ2) is 10.7. The number of aromatic nitrogens is 5. The number of aliphatic hydroxyl groups is 3. The van der Waals surface area contributed by atoms with Crippen molar-refractivity contribution in [3.05, 3.63) is 28.8 Å².